The van der Waals surface area contributed by atoms with Crippen LogP contribution in [0, 0.1) is 0 Å². The third-order valence-corrected chi connectivity index (χ3v) is 5.29. The Morgan fingerprint density at radius 3 is 1.96 bits per heavy atom. The predicted octanol–water partition coefficient (Wildman–Crippen LogP) is 2.39. The fourth-order valence-corrected chi connectivity index (χ4v) is 3.53. The molecule has 3 aromatic rings. The molecule has 0 fully saturated rings. The lowest BCUT2D eigenvalue weighted by molar-refractivity contribution is 0.414. The number of hydrogen-bond acceptors (Lipinski definition) is 6. The van der Waals surface area contributed by atoms with Crippen LogP contribution < -0.4 is 15.2 Å². The van der Waals surface area contributed by atoms with E-state index >= 15 is 0 Å². The van der Waals surface area contributed by atoms with Crippen molar-refractivity contribution in [3.8, 4) is 22.8 Å². The van der Waals surface area contributed by atoms with E-state index in [0.717, 1.165) is 9.65 Å². The number of methoxy groups -OCH3 is 2. The van der Waals surface area contributed by atoms with Gasteiger partial charge in [-0.05, 0) is 48.5 Å². The highest BCUT2D eigenvalue weighted by Crippen LogP contribution is 2.26. The maximum absolute atomic E-state index is 12.8. The molecule has 0 spiro atoms. The van der Waals surface area contributed by atoms with E-state index in [1.807, 2.05) is 0 Å². The van der Waals surface area contributed by atoms with Crippen LogP contribution in [0.15, 0.2) is 59.5 Å². The molecule has 0 bridgehead atoms. The average molecular weight is 359 g/mol. The van der Waals surface area contributed by atoms with Crippen LogP contribution in [0.4, 0.5) is 5.82 Å². The summed E-state index contributed by atoms with van der Waals surface area (Å²) < 4.78 is 36.5. The van der Waals surface area contributed by atoms with Gasteiger partial charge in [-0.25, -0.2) is 0 Å². The fraction of sp³-hybridized carbons (Fsp3) is 0.118. The van der Waals surface area contributed by atoms with Crippen molar-refractivity contribution in [1.29, 1.82) is 0 Å². The van der Waals surface area contributed by atoms with Gasteiger partial charge in [0.15, 0.2) is 0 Å². The van der Waals surface area contributed by atoms with E-state index in [1.165, 1.54) is 25.3 Å². The van der Waals surface area contributed by atoms with Crippen LogP contribution in [0.2, 0.25) is 0 Å². The Kier molecular flexibility index (Phi) is 4.37. The van der Waals surface area contributed by atoms with Gasteiger partial charge in [-0.3, -0.25) is 0 Å². The van der Waals surface area contributed by atoms with Crippen LogP contribution in [0.25, 0.3) is 11.3 Å². The van der Waals surface area contributed by atoms with E-state index < -0.39 is 10.0 Å². The molecule has 0 amide bonds. The lowest BCUT2D eigenvalue weighted by atomic mass is 10.1. The SMILES string of the molecule is COc1ccc(-c2cc(N)n(S(=O)(=O)c3ccc(OC)cc3)n2)cc1. The fourth-order valence-electron chi connectivity index (χ4n) is 2.32. The molecule has 0 aliphatic heterocycles. The van der Waals surface area contributed by atoms with Crippen LogP contribution in [0.3, 0.4) is 0 Å². The first-order valence-corrected chi connectivity index (χ1v) is 8.79. The zero-order valence-electron chi connectivity index (χ0n) is 13.7. The van der Waals surface area contributed by atoms with Crippen LogP contribution in [-0.2, 0) is 10.0 Å². The van der Waals surface area contributed by atoms with E-state index in [0.29, 0.717) is 17.2 Å². The van der Waals surface area contributed by atoms with E-state index in [1.54, 1.807) is 43.5 Å². The highest BCUT2D eigenvalue weighted by atomic mass is 32.2. The van der Waals surface area contributed by atoms with E-state index in [9.17, 15) is 8.42 Å². The van der Waals surface area contributed by atoms with Crippen LogP contribution in [-0.4, -0.2) is 31.8 Å². The Balaban J connectivity index is 2.00. The largest absolute Gasteiger partial charge is 0.497 e. The maximum Gasteiger partial charge on any atom is 0.284 e. The zero-order chi connectivity index (χ0) is 18.0. The number of rotatable bonds is 5. The highest BCUT2D eigenvalue weighted by Gasteiger charge is 2.22. The lowest BCUT2D eigenvalue weighted by Gasteiger charge is -2.07. The lowest BCUT2D eigenvalue weighted by Crippen LogP contribution is -2.16. The third kappa shape index (κ3) is 3.16. The van der Waals surface area contributed by atoms with Gasteiger partial charge in [0, 0.05) is 11.6 Å². The van der Waals surface area contributed by atoms with Crippen molar-refractivity contribution in [2.75, 3.05) is 20.0 Å². The highest BCUT2D eigenvalue weighted by molar-refractivity contribution is 7.90. The van der Waals surface area contributed by atoms with Gasteiger partial charge in [0.25, 0.3) is 10.0 Å². The molecule has 2 aromatic carbocycles. The number of nitrogen functional groups attached to an aromatic ring is 1. The van der Waals surface area contributed by atoms with Crippen molar-refractivity contribution in [1.82, 2.24) is 9.19 Å². The zero-order valence-corrected chi connectivity index (χ0v) is 14.5. The standard InChI is InChI=1S/C17H17N3O4S/c1-23-13-5-3-12(4-6-13)16-11-17(18)20(19-16)25(21,22)15-9-7-14(24-2)8-10-15/h3-11H,18H2,1-2H3. The van der Waals surface area contributed by atoms with Gasteiger partial charge in [0.2, 0.25) is 0 Å². The second kappa shape index (κ2) is 6.48. The van der Waals surface area contributed by atoms with E-state index in [-0.39, 0.29) is 10.7 Å². The molecular formula is C17H17N3O4S. The second-order valence-corrected chi connectivity index (χ2v) is 6.97. The number of benzene rings is 2. The molecule has 2 N–H and O–H groups in total. The Morgan fingerprint density at radius 1 is 0.920 bits per heavy atom. The maximum atomic E-state index is 12.8. The number of ether oxygens (including phenoxy) is 2. The summed E-state index contributed by atoms with van der Waals surface area (Å²) in [6.07, 6.45) is 0. The van der Waals surface area contributed by atoms with Crippen LogP contribution in [0.5, 0.6) is 11.5 Å². The smallest absolute Gasteiger partial charge is 0.284 e. The van der Waals surface area contributed by atoms with Gasteiger partial charge in [-0.1, -0.05) is 0 Å². The second-order valence-electron chi connectivity index (χ2n) is 5.21. The Hall–Kier alpha value is -3.00. The Morgan fingerprint density at radius 2 is 1.44 bits per heavy atom. The quantitative estimate of drug-likeness (QED) is 0.751. The molecule has 130 valence electrons. The molecule has 0 unspecified atom stereocenters. The molecule has 7 nitrogen and oxygen atoms in total. The Labute approximate surface area is 145 Å². The van der Waals surface area contributed by atoms with Crippen LogP contribution >= 0.6 is 0 Å². The van der Waals surface area contributed by atoms with Crippen LogP contribution in [0.1, 0.15) is 0 Å². The minimum atomic E-state index is -3.89. The molecule has 0 aliphatic rings. The summed E-state index contributed by atoms with van der Waals surface area (Å²) in [5.74, 6) is 1.29. The Bertz CT molecular complexity index is 978. The van der Waals surface area contributed by atoms with Gasteiger partial charge in [0.05, 0.1) is 24.8 Å². The van der Waals surface area contributed by atoms with Gasteiger partial charge < -0.3 is 15.2 Å². The topological polar surface area (TPSA) is 96.4 Å². The van der Waals surface area contributed by atoms with Crippen molar-refractivity contribution >= 4 is 15.8 Å². The van der Waals surface area contributed by atoms with Gasteiger partial charge in [-0.15, -0.1) is 4.09 Å². The first-order valence-electron chi connectivity index (χ1n) is 7.35. The first kappa shape index (κ1) is 16.8. The molecule has 0 aliphatic carbocycles. The summed E-state index contributed by atoms with van der Waals surface area (Å²) >= 11 is 0. The summed E-state index contributed by atoms with van der Waals surface area (Å²) in [6.45, 7) is 0. The van der Waals surface area contributed by atoms with Gasteiger partial charge in [0.1, 0.15) is 17.3 Å². The van der Waals surface area contributed by atoms with Crippen molar-refractivity contribution in [2.45, 2.75) is 4.90 Å². The average Bonchev–Trinajstić information content (AvgIpc) is 3.04. The summed E-state index contributed by atoms with van der Waals surface area (Å²) in [5, 5.41) is 4.16. The molecule has 0 saturated carbocycles. The molecule has 0 saturated heterocycles. The summed E-state index contributed by atoms with van der Waals surface area (Å²) in [7, 11) is -0.812. The van der Waals surface area contributed by atoms with Crippen molar-refractivity contribution in [3.63, 3.8) is 0 Å². The molecule has 1 heterocycles. The summed E-state index contributed by atoms with van der Waals surface area (Å²) in [4.78, 5) is 0.0735. The number of aromatic nitrogens is 2. The van der Waals surface area contributed by atoms with Crippen molar-refractivity contribution in [2.24, 2.45) is 0 Å². The minimum absolute atomic E-state index is 0.0293. The molecule has 0 radical (unpaired) electrons. The molecule has 3 rings (SSSR count). The van der Waals surface area contributed by atoms with Gasteiger partial charge in [-0.2, -0.15) is 13.5 Å². The number of nitrogens with two attached hydrogens (primary N) is 1. The molecule has 0 atom stereocenters. The molecule has 8 heteroatoms. The monoisotopic (exact) mass is 359 g/mol. The summed E-state index contributed by atoms with van der Waals surface area (Å²) in [5.41, 5.74) is 7.07. The van der Waals surface area contributed by atoms with Crippen molar-refractivity contribution < 1.29 is 17.9 Å². The first-order chi connectivity index (χ1) is 12.0. The number of anilines is 1. The minimum Gasteiger partial charge on any atom is -0.497 e. The third-order valence-electron chi connectivity index (χ3n) is 3.67. The normalized spacial score (nSPS) is 11.3. The predicted molar refractivity (Wildman–Crippen MR) is 94.2 cm³/mol. The summed E-state index contributed by atoms with van der Waals surface area (Å²) in [6, 6.07) is 14.6. The van der Waals surface area contributed by atoms with E-state index in [4.69, 9.17) is 15.2 Å². The van der Waals surface area contributed by atoms with E-state index in [2.05, 4.69) is 5.10 Å². The molecule has 25 heavy (non-hydrogen) atoms. The van der Waals surface area contributed by atoms with Gasteiger partial charge >= 0.3 is 0 Å². The molecule has 1 aromatic heterocycles. The molecular weight excluding hydrogens is 342 g/mol. The number of hydrogen-bond donors (Lipinski definition) is 1. The van der Waals surface area contributed by atoms with Crippen molar-refractivity contribution in [3.05, 3.63) is 54.6 Å². The number of nitrogens with zero attached hydrogens (tertiary/aromatic N) is 2.